The van der Waals surface area contributed by atoms with E-state index in [4.69, 9.17) is 4.74 Å². The van der Waals surface area contributed by atoms with Crippen molar-refractivity contribution in [2.75, 3.05) is 12.4 Å². The van der Waals surface area contributed by atoms with Crippen molar-refractivity contribution in [1.29, 1.82) is 0 Å². The van der Waals surface area contributed by atoms with E-state index in [2.05, 4.69) is 15.6 Å². The second kappa shape index (κ2) is 7.12. The van der Waals surface area contributed by atoms with Crippen LogP contribution in [0.15, 0.2) is 42.6 Å². The zero-order valence-corrected chi connectivity index (χ0v) is 14.2. The molecule has 1 heterocycles. The van der Waals surface area contributed by atoms with Crippen molar-refractivity contribution >= 4 is 17.5 Å². The summed E-state index contributed by atoms with van der Waals surface area (Å²) in [6.07, 6.45) is 1.44. The molecule has 0 fully saturated rings. The predicted octanol–water partition coefficient (Wildman–Crippen LogP) is 2.87. The van der Waals surface area contributed by atoms with Gasteiger partial charge in [-0.3, -0.25) is 14.6 Å². The van der Waals surface area contributed by atoms with Crippen LogP contribution in [-0.4, -0.2) is 29.4 Å². The molecule has 0 radical (unpaired) electrons. The number of aromatic nitrogens is 1. The van der Waals surface area contributed by atoms with Gasteiger partial charge >= 0.3 is 0 Å². The molecule has 1 aromatic heterocycles. The molecule has 24 heavy (non-hydrogen) atoms. The van der Waals surface area contributed by atoms with Crippen molar-refractivity contribution in [2.45, 2.75) is 26.3 Å². The van der Waals surface area contributed by atoms with Crippen LogP contribution in [0, 0.1) is 0 Å². The molecule has 0 aliphatic carbocycles. The second-order valence-corrected chi connectivity index (χ2v) is 6.29. The Balaban J connectivity index is 2.19. The number of carbonyl (C=O) groups is 2. The summed E-state index contributed by atoms with van der Waals surface area (Å²) in [6, 6.07) is 10.1. The van der Waals surface area contributed by atoms with Gasteiger partial charge in [0, 0.05) is 17.3 Å². The zero-order valence-electron chi connectivity index (χ0n) is 14.2. The molecule has 1 aromatic carbocycles. The molecule has 2 amide bonds. The fraction of sp³-hybridized carbons (Fsp3) is 0.278. The third kappa shape index (κ3) is 4.55. The molecule has 2 rings (SSSR count). The molecule has 0 bridgehead atoms. The molecular formula is C18H21N3O3. The lowest BCUT2D eigenvalue weighted by Crippen LogP contribution is -2.41. The maximum absolute atomic E-state index is 12.4. The summed E-state index contributed by atoms with van der Waals surface area (Å²) < 4.78 is 5.21. The average molecular weight is 327 g/mol. The minimum atomic E-state index is -0.381. The van der Waals surface area contributed by atoms with Gasteiger partial charge < -0.3 is 15.4 Å². The minimum absolute atomic E-state index is 0.192. The maximum atomic E-state index is 12.4. The van der Waals surface area contributed by atoms with E-state index in [1.54, 1.807) is 24.3 Å². The number of hydrogen-bond donors (Lipinski definition) is 2. The van der Waals surface area contributed by atoms with Crippen molar-refractivity contribution in [3.63, 3.8) is 0 Å². The lowest BCUT2D eigenvalue weighted by atomic mass is 10.1. The van der Waals surface area contributed by atoms with E-state index in [0.29, 0.717) is 17.0 Å². The van der Waals surface area contributed by atoms with Gasteiger partial charge in [0.1, 0.15) is 11.4 Å². The Morgan fingerprint density at radius 1 is 1.08 bits per heavy atom. The minimum Gasteiger partial charge on any atom is -0.495 e. The Morgan fingerprint density at radius 3 is 2.46 bits per heavy atom. The highest BCUT2D eigenvalue weighted by molar-refractivity contribution is 6.06. The van der Waals surface area contributed by atoms with Crippen LogP contribution in [0.4, 0.5) is 5.69 Å². The molecule has 2 aromatic rings. The maximum Gasteiger partial charge on any atom is 0.270 e. The number of ether oxygens (including phenoxy) is 1. The first-order chi connectivity index (χ1) is 11.3. The van der Waals surface area contributed by atoms with Gasteiger partial charge in [-0.1, -0.05) is 12.1 Å². The smallest absolute Gasteiger partial charge is 0.270 e. The van der Waals surface area contributed by atoms with Crippen LogP contribution in [0.25, 0.3) is 0 Å². The van der Waals surface area contributed by atoms with Gasteiger partial charge in [-0.15, -0.1) is 0 Å². The SMILES string of the molecule is COc1ccccc1NC(=O)c1ccnc(C(=O)NC(C)(C)C)c1. The highest BCUT2D eigenvalue weighted by atomic mass is 16.5. The first-order valence-electron chi connectivity index (χ1n) is 7.53. The van der Waals surface area contributed by atoms with E-state index in [1.165, 1.54) is 19.4 Å². The number of anilines is 1. The first kappa shape index (κ1) is 17.5. The summed E-state index contributed by atoms with van der Waals surface area (Å²) in [6.45, 7) is 5.63. The molecular weight excluding hydrogens is 306 g/mol. The van der Waals surface area contributed by atoms with E-state index < -0.39 is 0 Å². The zero-order chi connectivity index (χ0) is 17.7. The number of para-hydroxylation sites is 2. The summed E-state index contributed by atoms with van der Waals surface area (Å²) in [4.78, 5) is 28.6. The standard InChI is InChI=1S/C18H21N3O3/c1-18(2,3)21-17(23)14-11-12(9-10-19-14)16(22)20-13-7-5-6-8-15(13)24-4/h5-11H,1-4H3,(H,20,22)(H,21,23). The molecule has 0 aliphatic heterocycles. The summed E-state index contributed by atoms with van der Waals surface area (Å²) in [5.74, 6) is -0.105. The van der Waals surface area contributed by atoms with Crippen molar-refractivity contribution in [3.8, 4) is 5.75 Å². The van der Waals surface area contributed by atoms with E-state index >= 15 is 0 Å². The van der Waals surface area contributed by atoms with Crippen LogP contribution in [0.1, 0.15) is 41.6 Å². The third-order valence-electron chi connectivity index (χ3n) is 3.10. The van der Waals surface area contributed by atoms with Gasteiger partial charge in [-0.2, -0.15) is 0 Å². The van der Waals surface area contributed by atoms with Crippen LogP contribution in [-0.2, 0) is 0 Å². The van der Waals surface area contributed by atoms with Gasteiger partial charge in [0.15, 0.2) is 0 Å². The van der Waals surface area contributed by atoms with Gasteiger partial charge in [0.25, 0.3) is 11.8 Å². The number of nitrogens with zero attached hydrogens (tertiary/aromatic N) is 1. The van der Waals surface area contributed by atoms with Gasteiger partial charge in [0.05, 0.1) is 12.8 Å². The Bertz CT molecular complexity index is 751. The number of carbonyl (C=O) groups excluding carboxylic acids is 2. The monoisotopic (exact) mass is 327 g/mol. The lowest BCUT2D eigenvalue weighted by molar-refractivity contribution is 0.0914. The number of nitrogens with one attached hydrogen (secondary N) is 2. The number of methoxy groups -OCH3 is 1. The number of pyridine rings is 1. The van der Waals surface area contributed by atoms with E-state index in [9.17, 15) is 9.59 Å². The molecule has 2 N–H and O–H groups in total. The van der Waals surface area contributed by atoms with Crippen LogP contribution < -0.4 is 15.4 Å². The molecule has 0 saturated carbocycles. The van der Waals surface area contributed by atoms with Gasteiger partial charge in [0.2, 0.25) is 0 Å². The van der Waals surface area contributed by atoms with Gasteiger partial charge in [-0.25, -0.2) is 0 Å². The third-order valence-corrected chi connectivity index (χ3v) is 3.10. The summed E-state index contributed by atoms with van der Waals surface area (Å²) in [7, 11) is 1.53. The highest BCUT2D eigenvalue weighted by Gasteiger charge is 2.18. The van der Waals surface area contributed by atoms with E-state index in [0.717, 1.165) is 0 Å². The van der Waals surface area contributed by atoms with E-state index in [-0.39, 0.29) is 23.0 Å². The number of rotatable bonds is 4. The molecule has 126 valence electrons. The molecule has 0 aliphatic rings. The average Bonchev–Trinajstić information content (AvgIpc) is 2.54. The number of amides is 2. The Labute approximate surface area is 141 Å². The first-order valence-corrected chi connectivity index (χ1v) is 7.53. The molecule has 0 unspecified atom stereocenters. The van der Waals surface area contributed by atoms with E-state index in [1.807, 2.05) is 26.8 Å². The Morgan fingerprint density at radius 2 is 1.79 bits per heavy atom. The quantitative estimate of drug-likeness (QED) is 0.905. The fourth-order valence-corrected chi connectivity index (χ4v) is 2.04. The lowest BCUT2D eigenvalue weighted by Gasteiger charge is -2.20. The molecule has 0 atom stereocenters. The molecule has 6 heteroatoms. The number of benzene rings is 1. The largest absolute Gasteiger partial charge is 0.495 e. The Hall–Kier alpha value is -2.89. The van der Waals surface area contributed by atoms with Crippen molar-refractivity contribution < 1.29 is 14.3 Å². The van der Waals surface area contributed by atoms with Crippen LogP contribution in [0.5, 0.6) is 5.75 Å². The number of hydrogen-bond acceptors (Lipinski definition) is 4. The van der Waals surface area contributed by atoms with Gasteiger partial charge in [-0.05, 0) is 45.0 Å². The predicted molar refractivity (Wildman–Crippen MR) is 92.4 cm³/mol. The molecule has 0 saturated heterocycles. The Kier molecular flexibility index (Phi) is 5.18. The fourth-order valence-electron chi connectivity index (χ4n) is 2.04. The molecule has 0 spiro atoms. The second-order valence-electron chi connectivity index (χ2n) is 6.29. The summed E-state index contributed by atoms with van der Waals surface area (Å²) >= 11 is 0. The van der Waals surface area contributed by atoms with Crippen molar-refractivity contribution in [1.82, 2.24) is 10.3 Å². The van der Waals surface area contributed by atoms with Crippen molar-refractivity contribution in [2.24, 2.45) is 0 Å². The van der Waals surface area contributed by atoms with Crippen LogP contribution in [0.2, 0.25) is 0 Å². The normalized spacial score (nSPS) is 10.8. The van der Waals surface area contributed by atoms with Crippen LogP contribution >= 0.6 is 0 Å². The highest BCUT2D eigenvalue weighted by Crippen LogP contribution is 2.23. The van der Waals surface area contributed by atoms with Crippen LogP contribution in [0.3, 0.4) is 0 Å². The summed E-state index contributed by atoms with van der Waals surface area (Å²) in [5, 5.41) is 5.59. The van der Waals surface area contributed by atoms with Crippen molar-refractivity contribution in [3.05, 3.63) is 53.9 Å². The topological polar surface area (TPSA) is 80.3 Å². The summed E-state index contributed by atoms with van der Waals surface area (Å²) in [5.41, 5.74) is 0.712. The molecule has 6 nitrogen and oxygen atoms in total.